The number of anilines is 1. The Balaban J connectivity index is 1.69. The summed E-state index contributed by atoms with van der Waals surface area (Å²) in [6.07, 6.45) is 1.19. The lowest BCUT2D eigenvalue weighted by Gasteiger charge is -2.26. The number of hydrogen-bond donors (Lipinski definition) is 0. The molecule has 0 bridgehead atoms. The van der Waals surface area contributed by atoms with Crippen LogP contribution in [0, 0.1) is 3.57 Å². The van der Waals surface area contributed by atoms with Gasteiger partial charge in [0.2, 0.25) is 15.9 Å². The predicted molar refractivity (Wildman–Crippen MR) is 114 cm³/mol. The molecule has 1 heterocycles. The van der Waals surface area contributed by atoms with Gasteiger partial charge in [0.1, 0.15) is 6.04 Å². The zero-order valence-electron chi connectivity index (χ0n) is 14.6. The monoisotopic (exact) mass is 530 g/mol. The Kier molecular flexibility index (Phi) is 5.24. The van der Waals surface area contributed by atoms with Crippen molar-refractivity contribution in [1.82, 2.24) is 4.31 Å². The van der Waals surface area contributed by atoms with E-state index in [1.165, 1.54) is 28.6 Å². The summed E-state index contributed by atoms with van der Waals surface area (Å²) in [6, 6.07) is 11.5. The van der Waals surface area contributed by atoms with Crippen LogP contribution in [0.15, 0.2) is 53.4 Å². The van der Waals surface area contributed by atoms with Gasteiger partial charge in [-0.05, 0) is 84.0 Å². The molecule has 1 aliphatic carbocycles. The molecule has 2 fully saturated rings. The van der Waals surface area contributed by atoms with Gasteiger partial charge in [0.05, 0.1) is 17.0 Å². The molecule has 2 aromatic rings. The van der Waals surface area contributed by atoms with Gasteiger partial charge in [-0.25, -0.2) is 13.3 Å². The number of nitrogens with zero attached hydrogens (tertiary/aromatic N) is 2. The number of imide groups is 1. The first-order chi connectivity index (χ1) is 13.3. The Hall–Kier alpha value is -1.49. The molecule has 1 aliphatic heterocycles. The van der Waals surface area contributed by atoms with Gasteiger partial charge in [-0.1, -0.05) is 11.6 Å². The minimum atomic E-state index is -3.93. The smallest absolute Gasteiger partial charge is 0.252 e. The summed E-state index contributed by atoms with van der Waals surface area (Å²) >= 11 is 8.00. The topological polar surface area (TPSA) is 74.8 Å². The Morgan fingerprint density at radius 2 is 1.61 bits per heavy atom. The van der Waals surface area contributed by atoms with Crippen molar-refractivity contribution < 1.29 is 18.0 Å². The highest BCUT2D eigenvalue weighted by atomic mass is 127. The van der Waals surface area contributed by atoms with Gasteiger partial charge in [-0.15, -0.1) is 0 Å². The average molecular weight is 531 g/mol. The molecule has 146 valence electrons. The normalized spacial score (nSPS) is 20.2. The zero-order chi connectivity index (χ0) is 20.1. The third-order valence-electron chi connectivity index (χ3n) is 4.81. The first-order valence-electron chi connectivity index (χ1n) is 8.70. The molecule has 6 nitrogen and oxygen atoms in total. The molecule has 1 unspecified atom stereocenters. The number of carbonyl (C=O) groups excluding carboxylic acids is 2. The molecule has 9 heteroatoms. The quantitative estimate of drug-likeness (QED) is 0.439. The predicted octanol–water partition coefficient (Wildman–Crippen LogP) is 3.43. The van der Waals surface area contributed by atoms with Crippen LogP contribution in [0.25, 0.3) is 0 Å². The van der Waals surface area contributed by atoms with Gasteiger partial charge < -0.3 is 0 Å². The van der Waals surface area contributed by atoms with Crippen LogP contribution in [-0.2, 0) is 19.6 Å². The summed E-state index contributed by atoms with van der Waals surface area (Å²) in [5.41, 5.74) is 0.456. The minimum Gasteiger partial charge on any atom is -0.274 e. The van der Waals surface area contributed by atoms with Crippen LogP contribution in [0.1, 0.15) is 19.3 Å². The summed E-state index contributed by atoms with van der Waals surface area (Å²) in [7, 11) is -3.93. The standard InChI is InChI=1S/C19H16ClIN2O4S/c20-12-1-9-16(10-2-12)28(26,27)23(15-7-8-15)17-11-18(24)22(19(17)25)14-5-3-13(21)4-6-14/h1-6,9-10,15,17H,7-8,11H2. The Labute approximate surface area is 181 Å². The van der Waals surface area contributed by atoms with Crippen molar-refractivity contribution >= 4 is 61.7 Å². The minimum absolute atomic E-state index is 0.0664. The maximum atomic E-state index is 13.3. The summed E-state index contributed by atoms with van der Waals surface area (Å²) in [5.74, 6) is -0.899. The van der Waals surface area contributed by atoms with E-state index in [1.807, 2.05) is 0 Å². The first kappa shape index (κ1) is 19.8. The molecule has 2 amide bonds. The van der Waals surface area contributed by atoms with Crippen LogP contribution in [0.2, 0.25) is 5.02 Å². The molecular formula is C19H16ClIN2O4S. The van der Waals surface area contributed by atoms with Gasteiger partial charge in [0, 0.05) is 14.6 Å². The lowest BCUT2D eigenvalue weighted by molar-refractivity contribution is -0.122. The molecule has 28 heavy (non-hydrogen) atoms. The van der Waals surface area contributed by atoms with Crippen LogP contribution in [0.5, 0.6) is 0 Å². The van der Waals surface area contributed by atoms with E-state index >= 15 is 0 Å². The third kappa shape index (κ3) is 3.58. The van der Waals surface area contributed by atoms with Gasteiger partial charge in [0.25, 0.3) is 5.91 Å². The van der Waals surface area contributed by atoms with E-state index in [-0.39, 0.29) is 17.4 Å². The summed E-state index contributed by atoms with van der Waals surface area (Å²) < 4.78 is 28.7. The fourth-order valence-corrected chi connectivity index (χ4v) is 5.66. The molecule has 2 aromatic carbocycles. The van der Waals surface area contributed by atoms with Crippen LogP contribution < -0.4 is 4.90 Å². The van der Waals surface area contributed by atoms with E-state index in [4.69, 9.17) is 11.6 Å². The Morgan fingerprint density at radius 3 is 2.18 bits per heavy atom. The van der Waals surface area contributed by atoms with Crippen LogP contribution in [0.4, 0.5) is 5.69 Å². The SMILES string of the molecule is O=C1CC(N(C2CC2)S(=O)(=O)c2ccc(Cl)cc2)C(=O)N1c1ccc(I)cc1. The average Bonchev–Trinajstić information content (AvgIpc) is 3.43. The highest BCUT2D eigenvalue weighted by molar-refractivity contribution is 14.1. The number of amides is 2. The fraction of sp³-hybridized carbons (Fsp3) is 0.263. The van der Waals surface area contributed by atoms with Crippen molar-refractivity contribution in [1.29, 1.82) is 0 Å². The van der Waals surface area contributed by atoms with Crippen LogP contribution in [-0.4, -0.2) is 36.6 Å². The fourth-order valence-electron chi connectivity index (χ4n) is 3.35. The zero-order valence-corrected chi connectivity index (χ0v) is 18.3. The van der Waals surface area contributed by atoms with E-state index < -0.39 is 27.9 Å². The molecule has 0 N–H and O–H groups in total. The van der Waals surface area contributed by atoms with E-state index in [2.05, 4.69) is 22.6 Å². The second-order valence-electron chi connectivity index (χ2n) is 6.78. The summed E-state index contributed by atoms with van der Waals surface area (Å²) in [5, 5.41) is 0.425. The molecule has 4 rings (SSSR count). The second-order valence-corrected chi connectivity index (χ2v) is 10.3. The molecule has 0 spiro atoms. The largest absolute Gasteiger partial charge is 0.274 e. The molecule has 0 aromatic heterocycles. The third-order valence-corrected chi connectivity index (χ3v) is 7.76. The Bertz CT molecular complexity index is 1040. The lowest BCUT2D eigenvalue weighted by atomic mass is 10.2. The van der Waals surface area contributed by atoms with Gasteiger partial charge in [-0.3, -0.25) is 9.59 Å². The van der Waals surface area contributed by atoms with Crippen molar-refractivity contribution in [3.05, 3.63) is 57.1 Å². The maximum Gasteiger partial charge on any atom is 0.252 e. The molecule has 1 saturated carbocycles. The van der Waals surface area contributed by atoms with E-state index in [9.17, 15) is 18.0 Å². The van der Waals surface area contributed by atoms with Gasteiger partial charge in [0.15, 0.2) is 0 Å². The van der Waals surface area contributed by atoms with Gasteiger partial charge >= 0.3 is 0 Å². The van der Waals surface area contributed by atoms with Crippen molar-refractivity contribution in [2.45, 2.75) is 36.2 Å². The number of carbonyl (C=O) groups is 2. The molecule has 2 aliphatic rings. The molecule has 1 saturated heterocycles. The molecule has 1 atom stereocenters. The molecular weight excluding hydrogens is 515 g/mol. The lowest BCUT2D eigenvalue weighted by Crippen LogP contribution is -2.46. The summed E-state index contributed by atoms with van der Waals surface area (Å²) in [6.45, 7) is 0. The van der Waals surface area contributed by atoms with Crippen molar-refractivity contribution in [2.24, 2.45) is 0 Å². The van der Waals surface area contributed by atoms with Crippen LogP contribution >= 0.6 is 34.2 Å². The highest BCUT2D eigenvalue weighted by Gasteiger charge is 2.51. The number of sulfonamides is 1. The van der Waals surface area contributed by atoms with Crippen LogP contribution in [0.3, 0.4) is 0 Å². The molecule has 0 radical (unpaired) electrons. The van der Waals surface area contributed by atoms with Gasteiger partial charge in [-0.2, -0.15) is 4.31 Å². The Morgan fingerprint density at radius 1 is 1.00 bits per heavy atom. The summed E-state index contributed by atoms with van der Waals surface area (Å²) in [4.78, 5) is 26.8. The number of hydrogen-bond acceptors (Lipinski definition) is 4. The van der Waals surface area contributed by atoms with E-state index in [1.54, 1.807) is 24.3 Å². The van der Waals surface area contributed by atoms with E-state index in [0.717, 1.165) is 8.47 Å². The van der Waals surface area contributed by atoms with Crippen molar-refractivity contribution in [3.8, 4) is 0 Å². The number of benzene rings is 2. The number of rotatable bonds is 5. The number of halogens is 2. The second kappa shape index (κ2) is 7.40. The maximum absolute atomic E-state index is 13.3. The first-order valence-corrected chi connectivity index (χ1v) is 11.6. The highest BCUT2D eigenvalue weighted by Crippen LogP contribution is 2.38. The van der Waals surface area contributed by atoms with Crippen molar-refractivity contribution in [3.63, 3.8) is 0 Å². The van der Waals surface area contributed by atoms with E-state index in [0.29, 0.717) is 23.6 Å². The van der Waals surface area contributed by atoms with Crippen molar-refractivity contribution in [2.75, 3.05) is 4.90 Å².